The number of nitrogens with one attached hydrogen (secondary N) is 2. The van der Waals surface area contributed by atoms with E-state index in [0.717, 1.165) is 41.7 Å². The summed E-state index contributed by atoms with van der Waals surface area (Å²) >= 11 is 6.43. The molecule has 3 fully saturated rings. The number of anilines is 1. The third-order valence-corrected chi connectivity index (χ3v) is 8.19. The largest absolute Gasteiger partial charge is 0.427 e. The molecule has 1 aromatic carbocycles. The SMILES string of the molecule is CC1CCC(Cn2c(N3CCOCC3(C)C)nc3nc(C4NOC(=O)N4)nc(-c4cccc(Cl)c4)c32)CC1. The fourth-order valence-electron chi connectivity index (χ4n) is 5.79. The molecule has 38 heavy (non-hydrogen) atoms. The number of carbonyl (C=O) groups excluding carboxylic acids is 1. The standard InChI is InChI=1S/C27H34ClN7O3/c1-16-7-9-17(10-8-16)14-34-21-20(18-5-4-6-19(28)13-18)29-23(24-32-26(36)38-33-24)30-22(21)31-25(34)35-11-12-37-15-27(35,2)3/h4-6,13,16-17,24,33H,7-12,14-15H2,1-3H3,(H,32,36). The van der Waals surface area contributed by atoms with Gasteiger partial charge < -0.3 is 19.0 Å². The average molecular weight is 540 g/mol. The highest BCUT2D eigenvalue weighted by molar-refractivity contribution is 6.30. The molecule has 3 aromatic rings. The molecule has 10 nitrogen and oxygen atoms in total. The van der Waals surface area contributed by atoms with Gasteiger partial charge in [-0.2, -0.15) is 4.98 Å². The van der Waals surface area contributed by atoms with Crippen LogP contribution in [-0.2, 0) is 16.1 Å². The van der Waals surface area contributed by atoms with E-state index in [1.165, 1.54) is 25.7 Å². The number of imidazole rings is 1. The number of ether oxygens (including phenoxy) is 1. The van der Waals surface area contributed by atoms with Gasteiger partial charge in [0.05, 0.1) is 18.8 Å². The van der Waals surface area contributed by atoms with Crippen LogP contribution >= 0.6 is 11.6 Å². The lowest BCUT2D eigenvalue weighted by Crippen LogP contribution is -2.54. The molecule has 1 unspecified atom stereocenters. The first-order valence-electron chi connectivity index (χ1n) is 13.4. The smallest absolute Gasteiger partial charge is 0.377 e. The summed E-state index contributed by atoms with van der Waals surface area (Å²) < 4.78 is 8.15. The third-order valence-electron chi connectivity index (χ3n) is 7.95. The summed E-state index contributed by atoms with van der Waals surface area (Å²) in [6.07, 6.45) is 3.60. The van der Waals surface area contributed by atoms with Crippen molar-refractivity contribution in [1.29, 1.82) is 0 Å². The van der Waals surface area contributed by atoms with E-state index in [2.05, 4.69) is 41.0 Å². The molecular formula is C27H34ClN7O3. The zero-order valence-corrected chi connectivity index (χ0v) is 22.8. The lowest BCUT2D eigenvalue weighted by atomic mass is 9.83. The minimum atomic E-state index is -0.682. The van der Waals surface area contributed by atoms with E-state index in [-0.39, 0.29) is 5.54 Å². The molecule has 2 saturated heterocycles. The van der Waals surface area contributed by atoms with Gasteiger partial charge in [-0.05, 0) is 50.7 Å². The highest BCUT2D eigenvalue weighted by atomic mass is 35.5. The normalized spacial score (nSPS) is 25.4. The van der Waals surface area contributed by atoms with Gasteiger partial charge in [-0.1, -0.05) is 43.5 Å². The number of hydrogen-bond donors (Lipinski definition) is 2. The zero-order valence-electron chi connectivity index (χ0n) is 22.0. The lowest BCUT2D eigenvalue weighted by molar-refractivity contribution is 0.0628. The number of benzene rings is 1. The third kappa shape index (κ3) is 4.81. The Morgan fingerprint density at radius 1 is 1.16 bits per heavy atom. The Hall–Kier alpha value is -2.95. The quantitative estimate of drug-likeness (QED) is 0.475. The summed E-state index contributed by atoms with van der Waals surface area (Å²) in [7, 11) is 0. The van der Waals surface area contributed by atoms with Gasteiger partial charge in [-0.3, -0.25) is 5.32 Å². The van der Waals surface area contributed by atoms with Crippen LogP contribution in [0, 0.1) is 11.8 Å². The molecule has 3 aliphatic rings. The second-order valence-electron chi connectivity index (χ2n) is 11.4. The number of fused-ring (bicyclic) bond motifs is 1. The molecule has 0 spiro atoms. The number of morpholine rings is 1. The molecular weight excluding hydrogens is 506 g/mol. The van der Waals surface area contributed by atoms with Crippen molar-refractivity contribution in [2.45, 2.75) is 64.7 Å². The predicted octanol–water partition coefficient (Wildman–Crippen LogP) is 4.83. The number of hydrogen-bond acceptors (Lipinski definition) is 8. The van der Waals surface area contributed by atoms with Crippen molar-refractivity contribution >= 4 is 34.8 Å². The molecule has 1 aliphatic carbocycles. The maximum absolute atomic E-state index is 11.8. The van der Waals surface area contributed by atoms with Gasteiger partial charge in [-0.15, -0.1) is 5.48 Å². The van der Waals surface area contributed by atoms with E-state index in [4.69, 9.17) is 36.1 Å². The van der Waals surface area contributed by atoms with Crippen molar-refractivity contribution in [2.24, 2.45) is 11.8 Å². The van der Waals surface area contributed by atoms with Gasteiger partial charge in [0.2, 0.25) is 5.95 Å². The summed E-state index contributed by atoms with van der Waals surface area (Å²) in [6.45, 7) is 9.54. The molecule has 202 valence electrons. The molecule has 2 N–H and O–H groups in total. The van der Waals surface area contributed by atoms with Crippen LogP contribution in [0.2, 0.25) is 5.02 Å². The molecule has 1 amide bonds. The molecule has 6 rings (SSSR count). The van der Waals surface area contributed by atoms with Crippen molar-refractivity contribution in [2.75, 3.05) is 24.7 Å². The monoisotopic (exact) mass is 539 g/mol. The van der Waals surface area contributed by atoms with E-state index in [1.54, 1.807) is 0 Å². The van der Waals surface area contributed by atoms with Gasteiger partial charge in [-0.25, -0.2) is 14.8 Å². The second-order valence-corrected chi connectivity index (χ2v) is 11.8. The van der Waals surface area contributed by atoms with E-state index in [9.17, 15) is 4.79 Å². The molecule has 0 bridgehead atoms. The Morgan fingerprint density at radius 3 is 2.68 bits per heavy atom. The Balaban J connectivity index is 1.56. The summed E-state index contributed by atoms with van der Waals surface area (Å²) in [5, 5.41) is 3.33. The molecule has 1 saturated carbocycles. The van der Waals surface area contributed by atoms with Crippen LogP contribution in [0.25, 0.3) is 22.4 Å². The number of halogens is 1. The van der Waals surface area contributed by atoms with E-state index in [0.29, 0.717) is 35.6 Å². The van der Waals surface area contributed by atoms with Gasteiger partial charge in [0.25, 0.3) is 0 Å². The summed E-state index contributed by atoms with van der Waals surface area (Å²) in [5.74, 6) is 2.57. The van der Waals surface area contributed by atoms with E-state index < -0.39 is 12.3 Å². The van der Waals surface area contributed by atoms with Crippen LogP contribution < -0.4 is 15.7 Å². The molecule has 1 atom stereocenters. The average Bonchev–Trinajstić information content (AvgIpc) is 3.48. The Kier molecular flexibility index (Phi) is 6.65. The minimum absolute atomic E-state index is 0.236. The number of rotatable bonds is 5. The number of carbonyl (C=O) groups is 1. The maximum atomic E-state index is 11.8. The van der Waals surface area contributed by atoms with Gasteiger partial charge in [0.1, 0.15) is 11.2 Å². The highest BCUT2D eigenvalue weighted by Crippen LogP contribution is 2.38. The predicted molar refractivity (Wildman–Crippen MR) is 145 cm³/mol. The first kappa shape index (κ1) is 25.3. The Bertz CT molecular complexity index is 1350. The summed E-state index contributed by atoms with van der Waals surface area (Å²) in [4.78, 5) is 33.9. The van der Waals surface area contributed by atoms with Crippen molar-refractivity contribution in [3.8, 4) is 11.3 Å². The van der Waals surface area contributed by atoms with Crippen molar-refractivity contribution < 1.29 is 14.4 Å². The van der Waals surface area contributed by atoms with Crippen LogP contribution in [0.1, 0.15) is 58.4 Å². The number of amides is 1. The van der Waals surface area contributed by atoms with Crippen molar-refractivity contribution in [3.63, 3.8) is 0 Å². The number of aromatic nitrogens is 4. The van der Waals surface area contributed by atoms with Gasteiger partial charge in [0.15, 0.2) is 17.6 Å². The van der Waals surface area contributed by atoms with Crippen LogP contribution in [0.4, 0.5) is 10.7 Å². The van der Waals surface area contributed by atoms with Crippen LogP contribution in [-0.4, -0.2) is 50.9 Å². The topological polar surface area (TPSA) is 106 Å². The number of nitrogens with zero attached hydrogens (tertiary/aromatic N) is 5. The number of hydroxylamine groups is 1. The van der Waals surface area contributed by atoms with Crippen LogP contribution in [0.5, 0.6) is 0 Å². The minimum Gasteiger partial charge on any atom is -0.377 e. The fraction of sp³-hybridized carbons (Fsp3) is 0.556. The van der Waals surface area contributed by atoms with Crippen molar-refractivity contribution in [3.05, 3.63) is 35.1 Å². The molecule has 0 radical (unpaired) electrons. The Labute approximate surface area is 227 Å². The molecule has 4 heterocycles. The first-order chi connectivity index (χ1) is 18.3. The lowest BCUT2D eigenvalue weighted by Gasteiger charge is -2.43. The van der Waals surface area contributed by atoms with E-state index >= 15 is 0 Å². The summed E-state index contributed by atoms with van der Waals surface area (Å²) in [5.41, 5.74) is 5.48. The van der Waals surface area contributed by atoms with Crippen molar-refractivity contribution in [1.82, 2.24) is 30.3 Å². The van der Waals surface area contributed by atoms with E-state index in [1.807, 2.05) is 24.3 Å². The second kappa shape index (κ2) is 9.98. The molecule has 11 heteroatoms. The maximum Gasteiger partial charge on any atom is 0.427 e. The van der Waals surface area contributed by atoms with Crippen LogP contribution in [0.3, 0.4) is 0 Å². The first-order valence-corrected chi connectivity index (χ1v) is 13.8. The summed E-state index contributed by atoms with van der Waals surface area (Å²) in [6, 6.07) is 7.66. The Morgan fingerprint density at radius 2 is 1.97 bits per heavy atom. The van der Waals surface area contributed by atoms with Gasteiger partial charge >= 0.3 is 6.09 Å². The fourth-order valence-corrected chi connectivity index (χ4v) is 5.98. The van der Waals surface area contributed by atoms with Gasteiger partial charge in [0, 0.05) is 23.7 Å². The van der Waals surface area contributed by atoms with Crippen LogP contribution in [0.15, 0.2) is 24.3 Å². The molecule has 2 aromatic heterocycles. The zero-order chi connectivity index (χ0) is 26.4. The highest BCUT2D eigenvalue weighted by Gasteiger charge is 2.36. The molecule has 2 aliphatic heterocycles.